The lowest BCUT2D eigenvalue weighted by Crippen LogP contribution is -2.20. The molecule has 87 heavy (non-hydrogen) atoms. The van der Waals surface area contributed by atoms with Crippen molar-refractivity contribution in [2.45, 2.75) is 48.5 Å². The van der Waals surface area contributed by atoms with Crippen molar-refractivity contribution in [3.8, 4) is 92.0 Å². The second-order valence-electron chi connectivity index (χ2n) is 17.7. The number of carbonyl (C=O) groups is 3. The largest absolute Gasteiger partial charge is 0.493 e. The molecule has 0 spiro atoms. The van der Waals surface area contributed by atoms with Crippen LogP contribution in [0.4, 0.5) is 15.4 Å². The minimum Gasteiger partial charge on any atom is -0.493 e. The second-order valence-corrected chi connectivity index (χ2v) is 20.0. The molecule has 3 N–H and O–H groups in total. The van der Waals surface area contributed by atoms with Crippen LogP contribution in [0.5, 0.6) is 51.7 Å². The molecule has 0 atom stereocenters. The number of ether oxygens (including phenoxy) is 9. The highest BCUT2D eigenvalue weighted by Gasteiger charge is 2.17. The van der Waals surface area contributed by atoms with E-state index in [2.05, 4.69) is 44.0 Å². The molecule has 454 valence electrons. The Hall–Kier alpha value is -9.90. The molecule has 0 saturated heterocycles. The van der Waals surface area contributed by atoms with E-state index in [1.807, 2.05) is 151 Å². The third-order valence-electron chi connectivity index (χ3n) is 11.5. The number of amides is 3. The van der Waals surface area contributed by atoms with Gasteiger partial charge in [-0.3, -0.25) is 30.3 Å². The highest BCUT2D eigenvalue weighted by atomic mass is 32.1. The number of aromatic nitrogens is 6. The van der Waals surface area contributed by atoms with Crippen LogP contribution in [0.1, 0.15) is 44.4 Å². The number of para-hydroxylation sites is 3. The summed E-state index contributed by atoms with van der Waals surface area (Å²) in [6, 6.07) is 40.7. The molecule has 0 radical (unpaired) electrons. The standard InChI is InChI=1S/3C20H21N3O4S.C2H3N/c3*1-4-26-16-10-9-14(11-17(16)25-3)19-22-20(28-23-19)21-18(24)12-27-15-8-6-5-7-13(15)2;1-2-3/h3*5-11H,4,12H2,1-3H3,(H,21,22,23,24);1H3. The van der Waals surface area contributed by atoms with Crippen LogP contribution in [0.2, 0.25) is 0 Å². The van der Waals surface area contributed by atoms with Crippen LogP contribution in [0.3, 0.4) is 0 Å². The van der Waals surface area contributed by atoms with Gasteiger partial charge in [0.05, 0.1) is 47.2 Å². The SMILES string of the molecule is CC#N.CCOc1ccc(-c2nsc(NC(=O)COc3ccccc3C)n2)cc1OC.CCOc1ccc(-c2nsc(NC(=O)COc3ccccc3C)n2)cc1OC.CCOc1ccc(-c2nsc(NC(=O)COc3ccccc3C)n2)cc1OC. The zero-order valence-corrected chi connectivity index (χ0v) is 52.1. The first kappa shape index (κ1) is 66.2. The summed E-state index contributed by atoms with van der Waals surface area (Å²) in [7, 11) is 4.74. The molecule has 6 aromatic carbocycles. The fourth-order valence-corrected chi connectivity index (χ4v) is 9.29. The molecule has 0 aliphatic heterocycles. The van der Waals surface area contributed by atoms with Crippen molar-refractivity contribution in [3.05, 3.63) is 144 Å². The number of aryl methyl sites for hydroxylation is 3. The number of rotatable bonds is 24. The summed E-state index contributed by atoms with van der Waals surface area (Å²) >= 11 is 3.31. The number of methoxy groups -OCH3 is 3. The summed E-state index contributed by atoms with van der Waals surface area (Å²) in [5, 5.41) is 16.7. The Bertz CT molecular complexity index is 3350. The lowest BCUT2D eigenvalue weighted by molar-refractivity contribution is -0.118. The molecule has 3 amide bonds. The summed E-state index contributed by atoms with van der Waals surface area (Å²) < 4.78 is 62.1. The van der Waals surface area contributed by atoms with Crippen molar-refractivity contribution >= 4 is 67.7 Å². The van der Waals surface area contributed by atoms with Crippen molar-refractivity contribution in [2.75, 3.05) is 76.9 Å². The molecule has 3 aromatic heterocycles. The number of nitrogens with zero attached hydrogens (tertiary/aromatic N) is 7. The maximum absolute atomic E-state index is 12.1. The topological polar surface area (TPSA) is 271 Å². The number of hydrogen-bond donors (Lipinski definition) is 3. The average molecular weight is 1240 g/mol. The van der Waals surface area contributed by atoms with Gasteiger partial charge in [-0.25, -0.2) is 0 Å². The fraction of sp³-hybridized carbons (Fsp3) is 0.258. The monoisotopic (exact) mass is 1240 g/mol. The fourth-order valence-electron chi connectivity index (χ4n) is 7.47. The van der Waals surface area contributed by atoms with Crippen LogP contribution in [-0.2, 0) is 14.4 Å². The van der Waals surface area contributed by atoms with Gasteiger partial charge in [-0.1, -0.05) is 54.6 Å². The maximum atomic E-state index is 12.1. The second kappa shape index (κ2) is 34.8. The van der Waals surface area contributed by atoms with Crippen molar-refractivity contribution < 1.29 is 57.0 Å². The predicted octanol–water partition coefficient (Wildman–Crippen LogP) is 12.3. The van der Waals surface area contributed by atoms with E-state index in [1.54, 1.807) is 45.6 Å². The van der Waals surface area contributed by atoms with E-state index in [0.29, 0.717) is 104 Å². The van der Waals surface area contributed by atoms with E-state index in [0.717, 1.165) is 68.0 Å². The lowest BCUT2D eigenvalue weighted by atomic mass is 10.2. The molecular formula is C62H66N10O12S3. The Labute approximate surface area is 516 Å². The van der Waals surface area contributed by atoms with E-state index < -0.39 is 0 Å². The van der Waals surface area contributed by atoms with E-state index in [9.17, 15) is 14.4 Å². The third kappa shape index (κ3) is 20.4. The summed E-state index contributed by atoms with van der Waals surface area (Å²) in [4.78, 5) is 49.5. The van der Waals surface area contributed by atoms with Gasteiger partial charge in [0.1, 0.15) is 17.2 Å². The minimum absolute atomic E-state index is 0.101. The maximum Gasteiger partial charge on any atom is 0.264 e. The molecule has 0 unspecified atom stereocenters. The molecule has 0 bridgehead atoms. The first-order valence-corrected chi connectivity index (χ1v) is 29.3. The number of anilines is 3. The predicted molar refractivity (Wildman–Crippen MR) is 336 cm³/mol. The van der Waals surface area contributed by atoms with Gasteiger partial charge in [0.15, 0.2) is 71.8 Å². The molecule has 0 saturated carbocycles. The van der Waals surface area contributed by atoms with Crippen molar-refractivity contribution in [1.29, 1.82) is 5.26 Å². The Balaban J connectivity index is 0.000000204. The summed E-state index contributed by atoms with van der Waals surface area (Å²) in [5.74, 6) is 6.43. The van der Waals surface area contributed by atoms with E-state index in [4.69, 9.17) is 47.9 Å². The Morgan fingerprint density at radius 1 is 0.414 bits per heavy atom. The van der Waals surface area contributed by atoms with Crippen LogP contribution in [0.15, 0.2) is 127 Å². The van der Waals surface area contributed by atoms with Gasteiger partial charge in [0.25, 0.3) is 17.7 Å². The molecule has 25 heteroatoms. The first-order chi connectivity index (χ1) is 42.2. The minimum atomic E-state index is -0.296. The van der Waals surface area contributed by atoms with Crippen molar-refractivity contribution in [1.82, 2.24) is 28.1 Å². The van der Waals surface area contributed by atoms with Gasteiger partial charge in [-0.15, -0.1) is 0 Å². The highest BCUT2D eigenvalue weighted by molar-refractivity contribution is 7.10. The normalized spacial score (nSPS) is 10.1. The van der Waals surface area contributed by atoms with Gasteiger partial charge in [0, 0.05) is 58.2 Å². The summed E-state index contributed by atoms with van der Waals surface area (Å²) in [5.41, 5.74) is 5.23. The molecule has 3 heterocycles. The number of carbonyl (C=O) groups excluding carboxylic acids is 3. The Kier molecular flexibility index (Phi) is 26.5. The zero-order valence-electron chi connectivity index (χ0n) is 49.6. The van der Waals surface area contributed by atoms with Gasteiger partial charge >= 0.3 is 0 Å². The van der Waals surface area contributed by atoms with Crippen LogP contribution < -0.4 is 58.6 Å². The number of hydrogen-bond acceptors (Lipinski definition) is 22. The van der Waals surface area contributed by atoms with Crippen LogP contribution >= 0.6 is 34.6 Å². The van der Waals surface area contributed by atoms with Crippen LogP contribution in [-0.4, -0.2) is 107 Å². The molecule has 22 nitrogen and oxygen atoms in total. The molecule has 0 aliphatic rings. The van der Waals surface area contributed by atoms with Gasteiger partial charge in [0.2, 0.25) is 15.4 Å². The van der Waals surface area contributed by atoms with E-state index in [1.165, 1.54) is 6.92 Å². The van der Waals surface area contributed by atoms with Crippen molar-refractivity contribution in [3.63, 3.8) is 0 Å². The van der Waals surface area contributed by atoms with E-state index in [-0.39, 0.29) is 37.5 Å². The Morgan fingerprint density at radius 2 is 0.678 bits per heavy atom. The average Bonchev–Trinajstić information content (AvgIpc) is 4.42. The molecule has 9 aromatic rings. The molecular weight excluding hydrogens is 1170 g/mol. The molecule has 0 fully saturated rings. The zero-order chi connectivity index (χ0) is 62.5. The highest BCUT2D eigenvalue weighted by Crippen LogP contribution is 2.35. The summed E-state index contributed by atoms with van der Waals surface area (Å²) in [6.07, 6.45) is 0. The number of nitriles is 1. The smallest absolute Gasteiger partial charge is 0.264 e. The van der Waals surface area contributed by atoms with E-state index >= 15 is 0 Å². The quantitative estimate of drug-likeness (QED) is 0.0507. The van der Waals surface area contributed by atoms with Gasteiger partial charge < -0.3 is 42.6 Å². The molecule has 9 rings (SSSR count). The van der Waals surface area contributed by atoms with Crippen LogP contribution in [0, 0.1) is 32.1 Å². The van der Waals surface area contributed by atoms with Gasteiger partial charge in [-0.2, -0.15) is 33.3 Å². The lowest BCUT2D eigenvalue weighted by Gasteiger charge is -2.09. The third-order valence-corrected chi connectivity index (χ3v) is 13.4. The Morgan fingerprint density at radius 3 is 0.920 bits per heavy atom. The number of nitrogens with one attached hydrogen (secondary N) is 3. The summed E-state index contributed by atoms with van der Waals surface area (Å²) in [6.45, 7) is 14.3. The van der Waals surface area contributed by atoms with Crippen molar-refractivity contribution in [2.24, 2.45) is 0 Å². The first-order valence-electron chi connectivity index (χ1n) is 26.9. The molecule has 0 aliphatic carbocycles. The van der Waals surface area contributed by atoms with Crippen LogP contribution in [0.25, 0.3) is 34.2 Å². The number of benzene rings is 6. The van der Waals surface area contributed by atoms with Gasteiger partial charge in [-0.05, 0) is 131 Å².